The van der Waals surface area contributed by atoms with Crippen molar-refractivity contribution in [1.29, 1.82) is 0 Å². The van der Waals surface area contributed by atoms with Gasteiger partial charge in [0.1, 0.15) is 5.84 Å². The number of aliphatic imine (C=N–C) groups is 1. The maximum atomic E-state index is 4.55. The first-order valence-corrected chi connectivity index (χ1v) is 9.24. The Morgan fingerprint density at radius 3 is 2.50 bits per heavy atom. The maximum Gasteiger partial charge on any atom is 0.128 e. The van der Waals surface area contributed by atoms with Crippen LogP contribution in [0.3, 0.4) is 0 Å². The summed E-state index contributed by atoms with van der Waals surface area (Å²) in [5.74, 6) is 0.898. The van der Waals surface area contributed by atoms with E-state index in [1.165, 1.54) is 22.3 Å². The van der Waals surface area contributed by atoms with Crippen LogP contribution in [0.2, 0.25) is 0 Å². The van der Waals surface area contributed by atoms with E-state index < -0.39 is 0 Å². The van der Waals surface area contributed by atoms with Crippen LogP contribution in [-0.4, -0.2) is 26.0 Å². The topological polar surface area (TPSA) is 36.4 Å². The fourth-order valence-electron chi connectivity index (χ4n) is 2.76. The summed E-state index contributed by atoms with van der Waals surface area (Å²) in [7, 11) is 1.98. The third-order valence-electron chi connectivity index (χ3n) is 4.06. The number of allylic oxidation sites excluding steroid dienone is 4. The molecule has 0 aliphatic rings. The molecule has 3 nitrogen and oxygen atoms in total. The molecule has 0 atom stereocenters. The van der Waals surface area contributed by atoms with Crippen LogP contribution in [0, 0.1) is 0 Å². The van der Waals surface area contributed by atoms with Gasteiger partial charge in [0.25, 0.3) is 0 Å². The van der Waals surface area contributed by atoms with Gasteiger partial charge >= 0.3 is 0 Å². The average Bonchev–Trinajstić information content (AvgIpc) is 2.66. The molecule has 0 aromatic heterocycles. The van der Waals surface area contributed by atoms with Gasteiger partial charge in [-0.1, -0.05) is 60.7 Å². The van der Waals surface area contributed by atoms with E-state index in [0.717, 1.165) is 31.0 Å². The Hall–Kier alpha value is -2.39. The van der Waals surface area contributed by atoms with Gasteiger partial charge in [-0.25, -0.2) is 0 Å². The molecular formula is C23H33N3. The maximum absolute atomic E-state index is 4.55. The van der Waals surface area contributed by atoms with Crippen molar-refractivity contribution < 1.29 is 0 Å². The Morgan fingerprint density at radius 2 is 1.92 bits per heavy atom. The SMILES string of the molecule is C=CC(=C/C)/C(=N\CC)NC/C(C)=C/C(=C\C)c1ccccc1CNC. The zero-order valence-electron chi connectivity index (χ0n) is 16.9. The minimum absolute atomic E-state index is 0.744. The molecule has 0 saturated heterocycles. The monoisotopic (exact) mass is 351 g/mol. The normalized spacial score (nSPS) is 13.7. The summed E-state index contributed by atoms with van der Waals surface area (Å²) >= 11 is 0. The Balaban J connectivity index is 2.97. The lowest BCUT2D eigenvalue weighted by molar-refractivity contribution is 0.816. The molecule has 1 aromatic rings. The van der Waals surface area contributed by atoms with E-state index in [1.54, 1.807) is 0 Å². The molecule has 0 saturated carbocycles. The van der Waals surface area contributed by atoms with Gasteiger partial charge in [0.05, 0.1) is 0 Å². The molecule has 2 N–H and O–H groups in total. The fraction of sp³-hybridized carbons (Fsp3) is 0.348. The lowest BCUT2D eigenvalue weighted by atomic mass is 9.97. The molecule has 0 spiro atoms. The Labute approximate surface area is 159 Å². The highest BCUT2D eigenvalue weighted by atomic mass is 15.0. The van der Waals surface area contributed by atoms with Crippen LogP contribution in [-0.2, 0) is 6.54 Å². The molecule has 26 heavy (non-hydrogen) atoms. The highest BCUT2D eigenvalue weighted by Gasteiger charge is 2.06. The van der Waals surface area contributed by atoms with E-state index in [1.807, 2.05) is 33.0 Å². The largest absolute Gasteiger partial charge is 0.366 e. The molecule has 0 fully saturated rings. The van der Waals surface area contributed by atoms with E-state index in [0.29, 0.717) is 0 Å². The van der Waals surface area contributed by atoms with Crippen molar-refractivity contribution in [3.63, 3.8) is 0 Å². The number of rotatable bonds is 9. The molecule has 1 aromatic carbocycles. The van der Waals surface area contributed by atoms with Crippen LogP contribution >= 0.6 is 0 Å². The van der Waals surface area contributed by atoms with Gasteiger partial charge in [-0.15, -0.1) is 0 Å². The summed E-state index contributed by atoms with van der Waals surface area (Å²) in [5.41, 5.74) is 6.09. The van der Waals surface area contributed by atoms with E-state index in [-0.39, 0.29) is 0 Å². The van der Waals surface area contributed by atoms with Gasteiger partial charge in [0.2, 0.25) is 0 Å². The second-order valence-electron chi connectivity index (χ2n) is 6.05. The van der Waals surface area contributed by atoms with Crippen molar-refractivity contribution >= 4 is 11.4 Å². The van der Waals surface area contributed by atoms with Crippen LogP contribution in [0.4, 0.5) is 0 Å². The van der Waals surface area contributed by atoms with Crippen molar-refractivity contribution in [3.8, 4) is 0 Å². The molecule has 0 aliphatic heterocycles. The molecule has 0 bridgehead atoms. The van der Waals surface area contributed by atoms with Crippen molar-refractivity contribution in [2.45, 2.75) is 34.2 Å². The minimum Gasteiger partial charge on any atom is -0.366 e. The van der Waals surface area contributed by atoms with Gasteiger partial charge < -0.3 is 10.6 Å². The highest BCUT2D eigenvalue weighted by molar-refractivity contribution is 6.00. The third-order valence-corrected chi connectivity index (χ3v) is 4.06. The molecule has 0 aliphatic carbocycles. The summed E-state index contributed by atoms with van der Waals surface area (Å²) in [6.45, 7) is 14.5. The Bertz CT molecular complexity index is 706. The Kier molecular flexibility index (Phi) is 10.0. The average molecular weight is 352 g/mol. The molecule has 3 heteroatoms. The van der Waals surface area contributed by atoms with Gasteiger partial charge in [0.15, 0.2) is 0 Å². The summed E-state index contributed by atoms with van der Waals surface area (Å²) in [4.78, 5) is 4.55. The van der Waals surface area contributed by atoms with Crippen molar-refractivity contribution in [1.82, 2.24) is 10.6 Å². The van der Waals surface area contributed by atoms with E-state index in [4.69, 9.17) is 0 Å². The Morgan fingerprint density at radius 1 is 1.19 bits per heavy atom. The number of benzene rings is 1. The number of amidine groups is 1. The van der Waals surface area contributed by atoms with Gasteiger partial charge in [-0.3, -0.25) is 4.99 Å². The zero-order chi connectivity index (χ0) is 19.4. The van der Waals surface area contributed by atoms with Crippen LogP contribution < -0.4 is 10.6 Å². The van der Waals surface area contributed by atoms with Crippen molar-refractivity contribution in [2.75, 3.05) is 20.1 Å². The van der Waals surface area contributed by atoms with Crippen LogP contribution in [0.15, 0.2) is 71.3 Å². The predicted molar refractivity (Wildman–Crippen MR) is 117 cm³/mol. The minimum atomic E-state index is 0.744. The smallest absolute Gasteiger partial charge is 0.128 e. The zero-order valence-corrected chi connectivity index (χ0v) is 16.9. The number of nitrogens with zero attached hydrogens (tertiary/aromatic N) is 1. The third kappa shape index (κ3) is 6.49. The van der Waals surface area contributed by atoms with Crippen molar-refractivity contribution in [3.05, 3.63) is 77.4 Å². The quantitative estimate of drug-likeness (QED) is 0.377. The molecule has 0 amide bonds. The molecule has 140 valence electrons. The van der Waals surface area contributed by atoms with Gasteiger partial charge in [-0.2, -0.15) is 0 Å². The highest BCUT2D eigenvalue weighted by Crippen LogP contribution is 2.21. The first-order chi connectivity index (χ1) is 12.6. The summed E-state index contributed by atoms with van der Waals surface area (Å²) in [6, 6.07) is 8.53. The molecule has 0 heterocycles. The molecule has 1 rings (SSSR count). The summed E-state index contributed by atoms with van der Waals surface area (Å²) < 4.78 is 0. The van der Waals surface area contributed by atoms with Crippen LogP contribution in [0.1, 0.15) is 38.8 Å². The first kappa shape index (κ1) is 21.7. The number of hydrogen-bond acceptors (Lipinski definition) is 2. The molecule has 0 radical (unpaired) electrons. The van der Waals surface area contributed by atoms with E-state index >= 15 is 0 Å². The van der Waals surface area contributed by atoms with Crippen LogP contribution in [0.25, 0.3) is 5.57 Å². The lowest BCUT2D eigenvalue weighted by Crippen LogP contribution is -2.26. The second kappa shape index (κ2) is 12.0. The van der Waals surface area contributed by atoms with Crippen LogP contribution in [0.5, 0.6) is 0 Å². The number of hydrogen-bond donors (Lipinski definition) is 2. The number of nitrogens with one attached hydrogen (secondary N) is 2. The summed E-state index contributed by atoms with van der Waals surface area (Å²) in [5, 5.41) is 6.69. The first-order valence-electron chi connectivity index (χ1n) is 9.24. The van der Waals surface area contributed by atoms with E-state index in [2.05, 4.69) is 72.5 Å². The predicted octanol–water partition coefficient (Wildman–Crippen LogP) is 4.90. The lowest BCUT2D eigenvalue weighted by Gasteiger charge is -2.13. The van der Waals surface area contributed by atoms with Crippen molar-refractivity contribution in [2.24, 2.45) is 4.99 Å². The summed E-state index contributed by atoms with van der Waals surface area (Å²) in [6.07, 6.45) is 8.28. The molecule has 0 unspecified atom stereocenters. The molecular weight excluding hydrogens is 318 g/mol. The standard InChI is InChI=1S/C23H33N3/c1-7-19(8-2)23(25-10-4)26-16-18(5)15-20(9-3)22-14-12-11-13-21(22)17-24-6/h7-9,11-15,24H,1,10,16-17H2,2-6H3,(H,25,26)/b18-15+,19-8-,20-9+. The second-order valence-corrected chi connectivity index (χ2v) is 6.05. The fourth-order valence-corrected chi connectivity index (χ4v) is 2.76. The van der Waals surface area contributed by atoms with Gasteiger partial charge in [0, 0.05) is 25.2 Å². The van der Waals surface area contributed by atoms with Gasteiger partial charge in [-0.05, 0) is 51.4 Å². The van der Waals surface area contributed by atoms with E-state index in [9.17, 15) is 0 Å².